The zero-order valence-electron chi connectivity index (χ0n) is 23.5. The predicted octanol–water partition coefficient (Wildman–Crippen LogP) is 5.36. The van der Waals surface area contributed by atoms with Crippen LogP contribution in [0, 0.1) is 6.92 Å². The number of nitrogens with zero attached hydrogens (tertiary/aromatic N) is 2. The number of halogens is 1. The summed E-state index contributed by atoms with van der Waals surface area (Å²) in [5, 5.41) is 3.47. The first kappa shape index (κ1) is 31.2. The Balaban J connectivity index is 1.88. The third-order valence-electron chi connectivity index (χ3n) is 6.47. The lowest BCUT2D eigenvalue weighted by Gasteiger charge is -2.32. The van der Waals surface area contributed by atoms with E-state index in [0.29, 0.717) is 17.1 Å². The maximum atomic E-state index is 13.8. The van der Waals surface area contributed by atoms with Gasteiger partial charge in [0.05, 0.1) is 11.9 Å². The molecule has 0 radical (unpaired) electrons. The summed E-state index contributed by atoms with van der Waals surface area (Å²) in [5.41, 5.74) is 3.22. The molecule has 0 spiro atoms. The Bertz CT molecular complexity index is 1380. The molecule has 1 atom stereocenters. The Morgan fingerprint density at radius 3 is 2.15 bits per heavy atom. The molecule has 0 unspecified atom stereocenters. The summed E-state index contributed by atoms with van der Waals surface area (Å²) in [6.45, 7) is 5.97. The van der Waals surface area contributed by atoms with E-state index in [1.807, 2.05) is 81.4 Å². The van der Waals surface area contributed by atoms with Gasteiger partial charge in [0.15, 0.2) is 0 Å². The third-order valence-corrected chi connectivity index (χ3v) is 8.04. The van der Waals surface area contributed by atoms with Crippen molar-refractivity contribution in [3.8, 4) is 0 Å². The maximum Gasteiger partial charge on any atom is 0.243 e. The van der Waals surface area contributed by atoms with Gasteiger partial charge in [-0.25, -0.2) is 8.42 Å². The Morgan fingerprint density at radius 2 is 1.55 bits per heavy atom. The van der Waals surface area contributed by atoms with E-state index in [2.05, 4.69) is 5.32 Å². The average Bonchev–Trinajstić information content (AvgIpc) is 2.89. The molecule has 9 heteroatoms. The third kappa shape index (κ3) is 9.10. The van der Waals surface area contributed by atoms with Gasteiger partial charge in [-0.15, -0.1) is 0 Å². The topological polar surface area (TPSA) is 86.8 Å². The monoisotopic (exact) mass is 583 g/mol. The van der Waals surface area contributed by atoms with E-state index in [9.17, 15) is 18.0 Å². The molecule has 0 saturated heterocycles. The van der Waals surface area contributed by atoms with E-state index >= 15 is 0 Å². The molecule has 3 rings (SSSR count). The van der Waals surface area contributed by atoms with Crippen molar-refractivity contribution in [1.29, 1.82) is 0 Å². The van der Waals surface area contributed by atoms with E-state index in [4.69, 9.17) is 11.6 Å². The summed E-state index contributed by atoms with van der Waals surface area (Å²) in [4.78, 5) is 28.9. The number of amides is 2. The molecule has 0 saturated carbocycles. The van der Waals surface area contributed by atoms with E-state index < -0.39 is 16.1 Å². The van der Waals surface area contributed by atoms with Gasteiger partial charge in [-0.1, -0.05) is 77.8 Å². The van der Waals surface area contributed by atoms with Crippen LogP contribution in [0.4, 0.5) is 5.69 Å². The fraction of sp³-hybridized carbons (Fsp3) is 0.355. The second kappa shape index (κ2) is 14.3. The second-order valence-electron chi connectivity index (χ2n) is 10.3. The van der Waals surface area contributed by atoms with Crippen LogP contribution < -0.4 is 9.62 Å². The minimum Gasteiger partial charge on any atom is -0.352 e. The number of rotatable bonds is 13. The van der Waals surface area contributed by atoms with Gasteiger partial charge in [0.2, 0.25) is 21.8 Å². The minimum absolute atomic E-state index is 0.0581. The van der Waals surface area contributed by atoms with Crippen LogP contribution in [-0.2, 0) is 32.6 Å². The van der Waals surface area contributed by atoms with Crippen molar-refractivity contribution >= 4 is 39.1 Å². The normalized spacial score (nSPS) is 12.2. The van der Waals surface area contributed by atoms with Crippen molar-refractivity contribution in [1.82, 2.24) is 10.2 Å². The summed E-state index contributed by atoms with van der Waals surface area (Å²) in [6, 6.07) is 23.1. The van der Waals surface area contributed by atoms with Gasteiger partial charge in [0.25, 0.3) is 0 Å². The molecule has 0 aromatic heterocycles. The van der Waals surface area contributed by atoms with Gasteiger partial charge in [0.1, 0.15) is 6.04 Å². The number of anilines is 1. The van der Waals surface area contributed by atoms with Crippen LogP contribution in [0.25, 0.3) is 0 Å². The van der Waals surface area contributed by atoms with Crippen LogP contribution in [0.3, 0.4) is 0 Å². The first-order chi connectivity index (χ1) is 19.0. The number of hydrogen-bond donors (Lipinski definition) is 1. The molecule has 3 aromatic rings. The summed E-state index contributed by atoms with van der Waals surface area (Å²) in [7, 11) is -3.56. The smallest absolute Gasteiger partial charge is 0.243 e. The van der Waals surface area contributed by atoms with Crippen LogP contribution in [0.15, 0.2) is 78.9 Å². The number of aryl methyl sites for hydroxylation is 1. The molecule has 0 aliphatic heterocycles. The van der Waals surface area contributed by atoms with E-state index in [1.165, 1.54) is 4.31 Å². The molecule has 0 heterocycles. The Kier molecular flexibility index (Phi) is 11.2. The summed E-state index contributed by atoms with van der Waals surface area (Å²) >= 11 is 6.46. The highest BCUT2D eigenvalue weighted by molar-refractivity contribution is 7.92. The number of carbonyl (C=O) groups excluding carboxylic acids is 2. The van der Waals surface area contributed by atoms with Gasteiger partial charge < -0.3 is 10.2 Å². The van der Waals surface area contributed by atoms with Crippen molar-refractivity contribution in [2.75, 3.05) is 17.1 Å². The molecule has 1 N–H and O–H groups in total. The predicted molar refractivity (Wildman–Crippen MR) is 162 cm³/mol. The zero-order valence-corrected chi connectivity index (χ0v) is 25.1. The van der Waals surface area contributed by atoms with Crippen molar-refractivity contribution in [3.63, 3.8) is 0 Å². The van der Waals surface area contributed by atoms with Crippen molar-refractivity contribution < 1.29 is 18.0 Å². The van der Waals surface area contributed by atoms with Crippen LogP contribution in [0.2, 0.25) is 5.02 Å². The first-order valence-electron chi connectivity index (χ1n) is 13.4. The lowest BCUT2D eigenvalue weighted by Crippen LogP contribution is -2.51. The van der Waals surface area contributed by atoms with Crippen molar-refractivity contribution in [2.24, 2.45) is 0 Å². The van der Waals surface area contributed by atoms with Gasteiger partial charge in [-0.05, 0) is 56.5 Å². The second-order valence-corrected chi connectivity index (χ2v) is 12.6. The van der Waals surface area contributed by atoms with Crippen molar-refractivity contribution in [3.05, 3.63) is 101 Å². The summed E-state index contributed by atoms with van der Waals surface area (Å²) in [6.07, 6.45) is 1.82. The zero-order chi connectivity index (χ0) is 29.3. The summed E-state index contributed by atoms with van der Waals surface area (Å²) in [5.74, 6) is -0.506. The largest absolute Gasteiger partial charge is 0.352 e. The van der Waals surface area contributed by atoms with Gasteiger partial charge in [-0.3, -0.25) is 13.9 Å². The lowest BCUT2D eigenvalue weighted by atomic mass is 10.0. The molecule has 214 valence electrons. The fourth-order valence-corrected chi connectivity index (χ4v) is 5.62. The van der Waals surface area contributed by atoms with Crippen LogP contribution in [-0.4, -0.2) is 50.0 Å². The molecule has 0 fully saturated rings. The number of sulfonamides is 1. The molecule has 0 aliphatic carbocycles. The Hall–Kier alpha value is -3.36. The SMILES string of the molecule is Cc1ccc(N(CCCC(=O)N(Cc2ccccc2Cl)[C@@H](Cc2ccccc2)C(=O)NC(C)C)S(C)(=O)=O)cc1. The lowest BCUT2D eigenvalue weighted by molar-refractivity contribution is -0.141. The quantitative estimate of drug-likeness (QED) is 0.293. The number of hydrogen-bond acceptors (Lipinski definition) is 4. The summed E-state index contributed by atoms with van der Waals surface area (Å²) < 4.78 is 26.5. The van der Waals surface area contributed by atoms with E-state index in [-0.39, 0.29) is 43.8 Å². The maximum absolute atomic E-state index is 13.8. The molecule has 7 nitrogen and oxygen atoms in total. The fourth-order valence-electron chi connectivity index (χ4n) is 4.46. The van der Waals surface area contributed by atoms with Crippen LogP contribution in [0.5, 0.6) is 0 Å². The first-order valence-corrected chi connectivity index (χ1v) is 15.6. The molecule has 2 amide bonds. The molecule has 40 heavy (non-hydrogen) atoms. The number of benzene rings is 3. The molecule has 3 aromatic carbocycles. The molecular weight excluding hydrogens is 546 g/mol. The highest BCUT2D eigenvalue weighted by Crippen LogP contribution is 2.23. The Labute approximate surface area is 243 Å². The highest BCUT2D eigenvalue weighted by atomic mass is 35.5. The average molecular weight is 584 g/mol. The molecule has 0 bridgehead atoms. The number of nitrogens with one attached hydrogen (secondary N) is 1. The number of carbonyl (C=O) groups is 2. The Morgan fingerprint density at radius 1 is 0.925 bits per heavy atom. The van der Waals surface area contributed by atoms with Crippen molar-refractivity contribution in [2.45, 2.75) is 58.7 Å². The van der Waals surface area contributed by atoms with Gasteiger partial charge >= 0.3 is 0 Å². The molecular formula is C31H38ClN3O4S. The van der Waals surface area contributed by atoms with Gasteiger partial charge in [-0.2, -0.15) is 0 Å². The van der Waals surface area contributed by atoms with E-state index in [0.717, 1.165) is 22.9 Å². The highest BCUT2D eigenvalue weighted by Gasteiger charge is 2.31. The minimum atomic E-state index is -3.56. The van der Waals surface area contributed by atoms with E-state index in [1.54, 1.807) is 23.1 Å². The molecule has 0 aliphatic rings. The van der Waals surface area contributed by atoms with Crippen LogP contribution >= 0.6 is 11.6 Å². The van der Waals surface area contributed by atoms with Crippen LogP contribution in [0.1, 0.15) is 43.4 Å². The standard InChI is InChI=1S/C31H38ClN3O4S/c1-23(2)33-31(37)29(21-25-11-6-5-7-12-25)34(22-26-13-8-9-14-28(26)32)30(36)15-10-20-35(40(4,38)39)27-18-16-24(3)17-19-27/h5-9,11-14,16-19,23,29H,10,15,20-22H2,1-4H3,(H,33,37)/t29-/m0/s1. The van der Waals surface area contributed by atoms with Gasteiger partial charge in [0, 0.05) is 37.0 Å².